The van der Waals surface area contributed by atoms with E-state index in [1.54, 1.807) is 13.0 Å². The van der Waals surface area contributed by atoms with Gasteiger partial charge >= 0.3 is 26.8 Å². The van der Waals surface area contributed by atoms with Crippen LogP contribution >= 0.6 is 0 Å². The normalized spacial score (nSPS) is 10.3. The van der Waals surface area contributed by atoms with Crippen molar-refractivity contribution in [3.63, 3.8) is 0 Å². The molecule has 0 spiro atoms. The molecule has 1 heterocycles. The van der Waals surface area contributed by atoms with E-state index < -0.39 is 21.2 Å². The zero-order chi connectivity index (χ0) is 11.5. The van der Waals surface area contributed by atoms with E-state index in [1.165, 1.54) is 0 Å². The van der Waals surface area contributed by atoms with Crippen molar-refractivity contribution in [3.05, 3.63) is 59.6 Å². The number of aromatic hydroxyl groups is 1. The SMILES string of the molecule is Cc1cc(O)c([I+]c2ccccc2)c(=O)[nH]1. The summed E-state index contributed by atoms with van der Waals surface area (Å²) in [5.41, 5.74) is 0.512. The first-order valence-electron chi connectivity index (χ1n) is 4.79. The summed E-state index contributed by atoms with van der Waals surface area (Å²) in [6, 6.07) is 11.4. The van der Waals surface area contributed by atoms with Gasteiger partial charge in [-0.05, 0) is 19.1 Å². The molecule has 0 bridgehead atoms. The topological polar surface area (TPSA) is 53.1 Å². The van der Waals surface area contributed by atoms with Gasteiger partial charge in [0.25, 0.3) is 3.57 Å². The van der Waals surface area contributed by atoms with Crippen LogP contribution < -0.4 is 26.8 Å². The molecule has 0 aliphatic carbocycles. The number of H-pyrrole nitrogens is 1. The quantitative estimate of drug-likeness (QED) is 0.661. The maximum Gasteiger partial charge on any atom is 0.368 e. The van der Waals surface area contributed by atoms with E-state index in [0.717, 1.165) is 3.57 Å². The molecule has 1 aromatic carbocycles. The van der Waals surface area contributed by atoms with Crippen LogP contribution in [0.5, 0.6) is 5.75 Å². The molecule has 2 rings (SSSR count). The van der Waals surface area contributed by atoms with Crippen molar-refractivity contribution in [1.82, 2.24) is 4.98 Å². The summed E-state index contributed by atoms with van der Waals surface area (Å²) in [6.07, 6.45) is 0. The van der Waals surface area contributed by atoms with Gasteiger partial charge in [0, 0.05) is 11.8 Å². The third-order valence-electron chi connectivity index (χ3n) is 2.02. The van der Waals surface area contributed by atoms with Crippen molar-refractivity contribution in [1.29, 1.82) is 0 Å². The standard InChI is InChI=1S/C12H10INO2/c1-8-7-10(15)11(12(16)14-8)13-9-5-3-2-4-6-9/h2-7H,1H3,(H-,14,15,16)/p+1. The highest BCUT2D eigenvalue weighted by molar-refractivity contribution is 5.19. The molecule has 2 aromatic rings. The van der Waals surface area contributed by atoms with E-state index in [9.17, 15) is 9.90 Å². The smallest absolute Gasteiger partial charge is 0.368 e. The van der Waals surface area contributed by atoms with Crippen LogP contribution in [-0.2, 0) is 0 Å². The largest absolute Gasteiger partial charge is 0.503 e. The van der Waals surface area contributed by atoms with Crippen LogP contribution in [0, 0.1) is 14.1 Å². The first-order valence-corrected chi connectivity index (χ1v) is 6.95. The Hall–Kier alpha value is -1.30. The Balaban J connectivity index is 2.39. The van der Waals surface area contributed by atoms with Crippen molar-refractivity contribution < 1.29 is 26.3 Å². The minimum atomic E-state index is -0.621. The molecule has 0 radical (unpaired) electrons. The van der Waals surface area contributed by atoms with E-state index in [0.29, 0.717) is 9.26 Å². The first kappa shape index (κ1) is 11.2. The molecule has 16 heavy (non-hydrogen) atoms. The van der Waals surface area contributed by atoms with Crippen molar-refractivity contribution in [2.24, 2.45) is 0 Å². The maximum absolute atomic E-state index is 11.7. The van der Waals surface area contributed by atoms with Crippen molar-refractivity contribution in [2.45, 2.75) is 6.92 Å². The second-order valence-electron chi connectivity index (χ2n) is 3.37. The van der Waals surface area contributed by atoms with Crippen LogP contribution in [0.1, 0.15) is 5.69 Å². The van der Waals surface area contributed by atoms with Crippen molar-refractivity contribution >= 4 is 0 Å². The first-order chi connectivity index (χ1) is 7.66. The number of aromatic nitrogens is 1. The molecule has 1 aromatic heterocycles. The summed E-state index contributed by atoms with van der Waals surface area (Å²) in [5, 5.41) is 9.74. The van der Waals surface area contributed by atoms with Gasteiger partial charge in [0.15, 0.2) is 9.32 Å². The van der Waals surface area contributed by atoms with Gasteiger partial charge in [0.1, 0.15) is 0 Å². The highest BCUT2D eigenvalue weighted by Gasteiger charge is 2.24. The lowest BCUT2D eigenvalue weighted by Crippen LogP contribution is -3.62. The molecule has 0 aliphatic heterocycles. The molecule has 2 N–H and O–H groups in total. The highest BCUT2D eigenvalue weighted by atomic mass is 127. The molecule has 82 valence electrons. The fraction of sp³-hybridized carbons (Fsp3) is 0.0833. The number of rotatable bonds is 2. The van der Waals surface area contributed by atoms with Gasteiger partial charge in [0.05, 0.1) is 0 Å². The summed E-state index contributed by atoms with van der Waals surface area (Å²) >= 11 is -0.621. The van der Waals surface area contributed by atoms with E-state index in [2.05, 4.69) is 4.98 Å². The number of aromatic amines is 1. The van der Waals surface area contributed by atoms with Crippen LogP contribution in [0.4, 0.5) is 0 Å². The Bertz CT molecular complexity index is 549. The number of hydrogen-bond donors (Lipinski definition) is 2. The number of pyridine rings is 1. The van der Waals surface area contributed by atoms with Crippen LogP contribution in [0.3, 0.4) is 0 Å². The fourth-order valence-electron chi connectivity index (χ4n) is 1.33. The summed E-state index contributed by atoms with van der Waals surface area (Å²) in [6.45, 7) is 1.76. The zero-order valence-corrected chi connectivity index (χ0v) is 10.9. The summed E-state index contributed by atoms with van der Waals surface area (Å²) < 4.78 is 1.64. The molecule has 0 atom stereocenters. The average molecular weight is 328 g/mol. The van der Waals surface area contributed by atoms with E-state index in [1.807, 2.05) is 30.3 Å². The minimum Gasteiger partial charge on any atom is -0.503 e. The van der Waals surface area contributed by atoms with Crippen LogP contribution in [0.15, 0.2) is 41.2 Å². The van der Waals surface area contributed by atoms with Crippen molar-refractivity contribution in [3.8, 4) is 5.75 Å². The summed E-state index contributed by atoms with van der Waals surface area (Å²) in [4.78, 5) is 14.4. The molecule has 0 amide bonds. The van der Waals surface area contributed by atoms with Crippen LogP contribution in [0.25, 0.3) is 0 Å². The molecule has 4 heteroatoms. The van der Waals surface area contributed by atoms with Crippen molar-refractivity contribution in [2.75, 3.05) is 0 Å². The zero-order valence-electron chi connectivity index (χ0n) is 8.70. The molecule has 3 nitrogen and oxygen atoms in total. The third kappa shape index (κ3) is 2.44. The Kier molecular flexibility index (Phi) is 3.28. The number of benzene rings is 1. The third-order valence-corrected chi connectivity index (χ3v) is 4.95. The predicted octanol–water partition coefficient (Wildman–Crippen LogP) is -1.48. The number of halogens is 1. The second kappa shape index (κ2) is 4.69. The molecule has 0 fully saturated rings. The van der Waals surface area contributed by atoms with Gasteiger partial charge in [-0.3, -0.25) is 4.79 Å². The number of aryl methyl sites for hydroxylation is 1. The van der Waals surface area contributed by atoms with E-state index >= 15 is 0 Å². The Morgan fingerprint density at radius 2 is 1.94 bits per heavy atom. The fourth-order valence-corrected chi connectivity index (χ4v) is 3.54. The van der Waals surface area contributed by atoms with E-state index in [-0.39, 0.29) is 11.3 Å². The molecule has 0 aliphatic rings. The summed E-state index contributed by atoms with van der Waals surface area (Å²) in [7, 11) is 0. The van der Waals surface area contributed by atoms with Gasteiger partial charge in [0.2, 0.25) is 0 Å². The number of hydrogen-bond acceptors (Lipinski definition) is 2. The number of nitrogens with one attached hydrogen (secondary N) is 1. The maximum atomic E-state index is 11.7. The van der Waals surface area contributed by atoms with Gasteiger partial charge in [-0.1, -0.05) is 18.2 Å². The predicted molar refractivity (Wildman–Crippen MR) is 57.3 cm³/mol. The molecular formula is C12H11INO2+. The molecule has 0 unspecified atom stereocenters. The molecule has 0 saturated carbocycles. The second-order valence-corrected chi connectivity index (χ2v) is 6.23. The monoisotopic (exact) mass is 328 g/mol. The molecular weight excluding hydrogens is 317 g/mol. The lowest BCUT2D eigenvalue weighted by molar-refractivity contribution is -0.600. The Labute approximate surface area is 103 Å². The van der Waals surface area contributed by atoms with Gasteiger partial charge in [-0.25, -0.2) is 0 Å². The highest BCUT2D eigenvalue weighted by Crippen LogP contribution is 2.03. The van der Waals surface area contributed by atoms with Crippen LogP contribution in [-0.4, -0.2) is 10.1 Å². The lowest BCUT2D eigenvalue weighted by Gasteiger charge is -1.94. The lowest BCUT2D eigenvalue weighted by atomic mass is 10.4. The summed E-state index contributed by atoms with van der Waals surface area (Å²) in [5.74, 6) is 0.109. The Morgan fingerprint density at radius 3 is 2.56 bits per heavy atom. The molecule has 0 saturated heterocycles. The van der Waals surface area contributed by atoms with Crippen LogP contribution in [0.2, 0.25) is 0 Å². The van der Waals surface area contributed by atoms with Gasteiger partial charge in [-0.2, -0.15) is 0 Å². The van der Waals surface area contributed by atoms with Gasteiger partial charge in [-0.15, -0.1) is 0 Å². The van der Waals surface area contributed by atoms with Gasteiger partial charge < -0.3 is 10.1 Å². The average Bonchev–Trinajstić information content (AvgIpc) is 2.25. The minimum absolute atomic E-state index is 0.109. The Morgan fingerprint density at radius 1 is 1.25 bits per heavy atom. The van der Waals surface area contributed by atoms with E-state index in [4.69, 9.17) is 0 Å².